The van der Waals surface area contributed by atoms with E-state index in [1.807, 2.05) is 0 Å². The fourth-order valence-electron chi connectivity index (χ4n) is 2.60. The van der Waals surface area contributed by atoms with E-state index in [9.17, 15) is 28.9 Å². The summed E-state index contributed by atoms with van der Waals surface area (Å²) in [6, 6.07) is 8.90. The maximum Gasteiger partial charge on any atom is 0.359 e. The van der Waals surface area contributed by atoms with E-state index in [0.29, 0.717) is 6.07 Å². The van der Waals surface area contributed by atoms with E-state index >= 15 is 0 Å². The number of anilines is 1. The molecule has 0 spiro atoms. The number of carbonyl (C=O) groups excluding carboxylic acids is 2. The second-order valence-electron chi connectivity index (χ2n) is 5.87. The number of nitro groups is 1. The SMILES string of the molecule is Cn1nc(C(=O)OCC(=O)Nc2ccc(F)cc2[N+](=O)[O-])c2ccccc2c1=O. The number of carbonyl (C=O) groups is 2. The number of nitrogens with zero attached hydrogens (tertiary/aromatic N) is 3. The van der Waals surface area contributed by atoms with Crippen LogP contribution in [-0.2, 0) is 16.6 Å². The van der Waals surface area contributed by atoms with Crippen LogP contribution in [0.1, 0.15) is 10.5 Å². The van der Waals surface area contributed by atoms with Crippen LogP contribution >= 0.6 is 0 Å². The highest BCUT2D eigenvalue weighted by Crippen LogP contribution is 2.24. The Bertz CT molecular complexity index is 1210. The van der Waals surface area contributed by atoms with Crippen molar-refractivity contribution in [3.8, 4) is 0 Å². The molecule has 29 heavy (non-hydrogen) atoms. The van der Waals surface area contributed by atoms with Crippen molar-refractivity contribution in [3.05, 3.63) is 74.4 Å². The molecule has 0 fully saturated rings. The van der Waals surface area contributed by atoms with E-state index in [2.05, 4.69) is 10.4 Å². The van der Waals surface area contributed by atoms with Crippen molar-refractivity contribution in [1.29, 1.82) is 0 Å². The number of nitrogens with one attached hydrogen (secondary N) is 1. The monoisotopic (exact) mass is 400 g/mol. The molecule has 148 valence electrons. The van der Waals surface area contributed by atoms with Gasteiger partial charge in [0.05, 0.1) is 16.4 Å². The molecule has 0 aliphatic heterocycles. The molecule has 0 saturated carbocycles. The standard InChI is InChI=1S/C18H13FN4O6/c1-22-17(25)12-5-3-2-4-11(12)16(21-22)18(26)29-9-15(24)20-13-7-6-10(19)8-14(13)23(27)28/h2-8H,9H2,1H3,(H,20,24). The van der Waals surface area contributed by atoms with E-state index in [0.717, 1.165) is 16.8 Å². The van der Waals surface area contributed by atoms with Crippen LogP contribution in [-0.4, -0.2) is 33.2 Å². The molecule has 3 aromatic rings. The molecule has 0 saturated heterocycles. The van der Waals surface area contributed by atoms with Crippen molar-refractivity contribution in [2.45, 2.75) is 0 Å². The third-order valence-electron chi connectivity index (χ3n) is 3.91. The first-order valence-electron chi connectivity index (χ1n) is 8.15. The highest BCUT2D eigenvalue weighted by Gasteiger charge is 2.20. The highest BCUT2D eigenvalue weighted by atomic mass is 19.1. The Morgan fingerprint density at radius 1 is 1.24 bits per heavy atom. The van der Waals surface area contributed by atoms with E-state index in [1.54, 1.807) is 12.1 Å². The Kier molecular flexibility index (Phi) is 5.30. The molecule has 0 atom stereocenters. The third-order valence-corrected chi connectivity index (χ3v) is 3.91. The number of fused-ring (bicyclic) bond motifs is 1. The smallest absolute Gasteiger partial charge is 0.359 e. The van der Waals surface area contributed by atoms with Gasteiger partial charge >= 0.3 is 5.97 Å². The predicted molar refractivity (Wildman–Crippen MR) is 99.0 cm³/mol. The summed E-state index contributed by atoms with van der Waals surface area (Å²) in [7, 11) is 1.37. The van der Waals surface area contributed by atoms with Crippen LogP contribution in [0.3, 0.4) is 0 Å². The normalized spacial score (nSPS) is 10.6. The molecule has 1 amide bonds. The van der Waals surface area contributed by atoms with Crippen molar-refractivity contribution in [1.82, 2.24) is 9.78 Å². The maximum absolute atomic E-state index is 13.2. The molecule has 2 aromatic carbocycles. The van der Waals surface area contributed by atoms with Crippen LogP contribution in [0.5, 0.6) is 0 Å². The molecule has 3 rings (SSSR count). The van der Waals surface area contributed by atoms with Gasteiger partial charge in [-0.05, 0) is 18.2 Å². The van der Waals surface area contributed by atoms with Crippen molar-refractivity contribution >= 4 is 34.0 Å². The third kappa shape index (κ3) is 4.08. The summed E-state index contributed by atoms with van der Waals surface area (Å²) in [5.41, 5.74) is -1.46. The summed E-state index contributed by atoms with van der Waals surface area (Å²) in [5, 5.41) is 17.5. The number of aromatic nitrogens is 2. The summed E-state index contributed by atoms with van der Waals surface area (Å²) in [6.07, 6.45) is 0. The number of amides is 1. The summed E-state index contributed by atoms with van der Waals surface area (Å²) >= 11 is 0. The number of aryl methyl sites for hydroxylation is 1. The van der Waals surface area contributed by atoms with Crippen LogP contribution in [0.4, 0.5) is 15.8 Å². The molecule has 0 aliphatic carbocycles. The lowest BCUT2D eigenvalue weighted by molar-refractivity contribution is -0.384. The minimum absolute atomic E-state index is 0.164. The van der Waals surface area contributed by atoms with Crippen molar-refractivity contribution < 1.29 is 23.6 Å². The van der Waals surface area contributed by atoms with Gasteiger partial charge in [0.1, 0.15) is 11.5 Å². The first kappa shape index (κ1) is 19.6. The van der Waals surface area contributed by atoms with Gasteiger partial charge in [0.25, 0.3) is 17.2 Å². The Morgan fingerprint density at radius 3 is 2.62 bits per heavy atom. The fraction of sp³-hybridized carbons (Fsp3) is 0.111. The molecule has 0 bridgehead atoms. The lowest BCUT2D eigenvalue weighted by atomic mass is 10.1. The molecule has 11 heteroatoms. The van der Waals surface area contributed by atoms with Gasteiger partial charge in [-0.25, -0.2) is 13.9 Å². The molecule has 1 heterocycles. The van der Waals surface area contributed by atoms with E-state index in [-0.39, 0.29) is 22.2 Å². The van der Waals surface area contributed by atoms with Gasteiger partial charge in [0.2, 0.25) is 0 Å². The minimum Gasteiger partial charge on any atom is -0.451 e. The second kappa shape index (κ2) is 7.84. The Hall–Kier alpha value is -4.15. The van der Waals surface area contributed by atoms with Crippen LogP contribution in [0, 0.1) is 15.9 Å². The number of esters is 1. The zero-order valence-corrected chi connectivity index (χ0v) is 14.9. The largest absolute Gasteiger partial charge is 0.451 e. The Morgan fingerprint density at radius 2 is 1.93 bits per heavy atom. The van der Waals surface area contributed by atoms with Gasteiger partial charge in [-0.15, -0.1) is 0 Å². The molecule has 1 N–H and O–H groups in total. The number of ether oxygens (including phenoxy) is 1. The van der Waals surface area contributed by atoms with Gasteiger partial charge < -0.3 is 10.1 Å². The van der Waals surface area contributed by atoms with Gasteiger partial charge in [-0.2, -0.15) is 5.10 Å². The van der Waals surface area contributed by atoms with Gasteiger partial charge in [-0.3, -0.25) is 19.7 Å². The van der Waals surface area contributed by atoms with Gasteiger partial charge in [-0.1, -0.05) is 18.2 Å². The topological polar surface area (TPSA) is 133 Å². The molecular weight excluding hydrogens is 387 g/mol. The zero-order valence-electron chi connectivity index (χ0n) is 14.9. The van der Waals surface area contributed by atoms with Crippen LogP contribution in [0.15, 0.2) is 47.3 Å². The number of hydrogen-bond donors (Lipinski definition) is 1. The first-order chi connectivity index (χ1) is 13.8. The Labute approximate surface area is 161 Å². The number of hydrogen-bond acceptors (Lipinski definition) is 7. The Balaban J connectivity index is 1.76. The van der Waals surface area contributed by atoms with E-state index in [1.165, 1.54) is 19.2 Å². The maximum atomic E-state index is 13.2. The molecule has 1 aromatic heterocycles. The van der Waals surface area contributed by atoms with Crippen LogP contribution in [0.25, 0.3) is 10.8 Å². The van der Waals surface area contributed by atoms with E-state index < -0.39 is 40.5 Å². The van der Waals surface area contributed by atoms with Crippen molar-refractivity contribution in [3.63, 3.8) is 0 Å². The summed E-state index contributed by atoms with van der Waals surface area (Å²) in [4.78, 5) is 46.6. The van der Waals surface area contributed by atoms with Crippen molar-refractivity contribution in [2.24, 2.45) is 7.05 Å². The predicted octanol–water partition coefficient (Wildman–Crippen LogP) is 1.78. The van der Waals surface area contributed by atoms with Gasteiger partial charge in [0, 0.05) is 12.4 Å². The summed E-state index contributed by atoms with van der Waals surface area (Å²) in [6.45, 7) is -0.772. The average Bonchev–Trinajstić information content (AvgIpc) is 2.70. The number of benzene rings is 2. The van der Waals surface area contributed by atoms with E-state index in [4.69, 9.17) is 4.74 Å². The highest BCUT2D eigenvalue weighted by molar-refractivity contribution is 6.03. The molecule has 0 radical (unpaired) electrons. The number of halogens is 1. The fourth-order valence-corrected chi connectivity index (χ4v) is 2.60. The van der Waals surface area contributed by atoms with Crippen molar-refractivity contribution in [2.75, 3.05) is 11.9 Å². The number of rotatable bonds is 5. The second-order valence-corrected chi connectivity index (χ2v) is 5.87. The lowest BCUT2D eigenvalue weighted by Crippen LogP contribution is -2.26. The van der Waals surface area contributed by atoms with Crippen LogP contribution < -0.4 is 10.9 Å². The molecule has 0 aliphatic rings. The number of nitro benzene ring substituents is 1. The molecular formula is C18H13FN4O6. The zero-order chi connectivity index (χ0) is 21.1. The summed E-state index contributed by atoms with van der Waals surface area (Å²) in [5.74, 6) is -2.67. The average molecular weight is 400 g/mol. The summed E-state index contributed by atoms with van der Waals surface area (Å²) < 4.78 is 19.0. The molecule has 10 nitrogen and oxygen atoms in total. The van der Waals surface area contributed by atoms with Gasteiger partial charge in [0.15, 0.2) is 12.3 Å². The minimum atomic E-state index is -0.958. The first-order valence-corrected chi connectivity index (χ1v) is 8.15. The lowest BCUT2D eigenvalue weighted by Gasteiger charge is -2.09. The molecule has 0 unspecified atom stereocenters. The van der Waals surface area contributed by atoms with Crippen LogP contribution in [0.2, 0.25) is 0 Å². The quantitative estimate of drug-likeness (QED) is 0.392.